The van der Waals surface area contributed by atoms with Crippen molar-refractivity contribution in [3.63, 3.8) is 0 Å². The number of fused-ring (bicyclic) bond motifs is 2. The lowest BCUT2D eigenvalue weighted by Crippen LogP contribution is -2.23. The second-order valence-electron chi connectivity index (χ2n) is 7.04. The molecule has 2 bridgehead atoms. The first-order valence-electron chi connectivity index (χ1n) is 10.7. The third kappa shape index (κ3) is 11.1. The molecule has 2 heterocycles. The van der Waals surface area contributed by atoms with Crippen molar-refractivity contribution in [1.29, 1.82) is 0 Å². The van der Waals surface area contributed by atoms with Crippen LogP contribution in [0.3, 0.4) is 0 Å². The number of ether oxygens (including phenoxy) is 5. The van der Waals surface area contributed by atoms with Crippen LogP contribution in [0.5, 0.6) is 0 Å². The van der Waals surface area contributed by atoms with Crippen molar-refractivity contribution in [1.82, 2.24) is 15.2 Å². The van der Waals surface area contributed by atoms with Crippen molar-refractivity contribution in [2.75, 3.05) is 46.2 Å². The summed E-state index contributed by atoms with van der Waals surface area (Å²) >= 11 is 0. The molecule has 0 fully saturated rings. The summed E-state index contributed by atoms with van der Waals surface area (Å²) in [5, 5.41) is 6.98. The van der Waals surface area contributed by atoms with Gasteiger partial charge in [-0.2, -0.15) is 5.10 Å². The molecular weight excluding hydrogens is 362 g/mol. The standard InChI is InChI=1S/C20H37N3O5/c1-2-3-4-5-6-7-8-18-15-25-11-9-24-10-12-26-16-19-21-20(23-22-19)17-27-13-14-28-18/h18H,2-17H2,1H3,(H,21,22,23). The van der Waals surface area contributed by atoms with E-state index in [0.29, 0.717) is 71.1 Å². The fourth-order valence-electron chi connectivity index (χ4n) is 2.99. The van der Waals surface area contributed by atoms with Crippen molar-refractivity contribution in [3.8, 4) is 0 Å². The monoisotopic (exact) mass is 399 g/mol. The molecule has 1 aliphatic heterocycles. The Balaban J connectivity index is 1.70. The summed E-state index contributed by atoms with van der Waals surface area (Å²) in [6.45, 7) is 6.81. The maximum absolute atomic E-state index is 5.99. The van der Waals surface area contributed by atoms with E-state index in [1.165, 1.54) is 38.5 Å². The summed E-state index contributed by atoms with van der Waals surface area (Å²) in [7, 11) is 0. The first-order valence-corrected chi connectivity index (χ1v) is 10.7. The first-order chi connectivity index (χ1) is 13.9. The van der Waals surface area contributed by atoms with E-state index in [4.69, 9.17) is 23.7 Å². The summed E-state index contributed by atoms with van der Waals surface area (Å²) in [4.78, 5) is 4.34. The summed E-state index contributed by atoms with van der Waals surface area (Å²) < 4.78 is 28.4. The highest BCUT2D eigenvalue weighted by atomic mass is 16.6. The number of hydrogen-bond donors (Lipinski definition) is 1. The minimum Gasteiger partial charge on any atom is -0.377 e. The topological polar surface area (TPSA) is 87.7 Å². The van der Waals surface area contributed by atoms with Gasteiger partial charge in [0.05, 0.1) is 52.4 Å². The van der Waals surface area contributed by atoms with Crippen LogP contribution in [0, 0.1) is 0 Å². The molecule has 1 N–H and O–H groups in total. The molecule has 2 rings (SSSR count). The Morgan fingerprint density at radius 1 is 0.821 bits per heavy atom. The molecule has 162 valence electrons. The maximum atomic E-state index is 5.99. The fraction of sp³-hybridized carbons (Fsp3) is 0.900. The third-order valence-electron chi connectivity index (χ3n) is 4.56. The quantitative estimate of drug-likeness (QED) is 0.705. The molecule has 8 nitrogen and oxygen atoms in total. The average molecular weight is 400 g/mol. The van der Waals surface area contributed by atoms with Gasteiger partial charge < -0.3 is 23.7 Å². The SMILES string of the molecule is CCCCCCCCC1COCCOCCOCc2n[nH]c(n2)COCCO1. The minimum absolute atomic E-state index is 0.105. The van der Waals surface area contributed by atoms with Gasteiger partial charge in [-0.15, -0.1) is 0 Å². The second kappa shape index (κ2) is 15.8. The van der Waals surface area contributed by atoms with Crippen molar-refractivity contribution in [2.24, 2.45) is 0 Å². The van der Waals surface area contributed by atoms with Crippen molar-refractivity contribution >= 4 is 0 Å². The summed E-state index contributed by atoms with van der Waals surface area (Å²) in [6.07, 6.45) is 8.80. The van der Waals surface area contributed by atoms with Gasteiger partial charge in [-0.1, -0.05) is 45.4 Å². The van der Waals surface area contributed by atoms with Gasteiger partial charge in [-0.3, -0.25) is 5.10 Å². The normalized spacial score (nSPS) is 21.1. The van der Waals surface area contributed by atoms with Gasteiger partial charge in [0.2, 0.25) is 0 Å². The van der Waals surface area contributed by atoms with Crippen LogP contribution in [0.15, 0.2) is 0 Å². The molecule has 0 spiro atoms. The lowest BCUT2D eigenvalue weighted by Gasteiger charge is -2.18. The number of aromatic nitrogens is 3. The van der Waals surface area contributed by atoms with Crippen LogP contribution in [-0.2, 0) is 36.9 Å². The molecule has 1 atom stereocenters. The molecular formula is C20H37N3O5. The van der Waals surface area contributed by atoms with Gasteiger partial charge in [0.15, 0.2) is 11.6 Å². The van der Waals surface area contributed by atoms with Gasteiger partial charge in [-0.05, 0) is 6.42 Å². The molecule has 1 aliphatic rings. The second-order valence-corrected chi connectivity index (χ2v) is 7.04. The van der Waals surface area contributed by atoms with Crippen molar-refractivity contribution < 1.29 is 23.7 Å². The minimum atomic E-state index is 0.105. The van der Waals surface area contributed by atoms with Crippen molar-refractivity contribution in [2.45, 2.75) is 71.2 Å². The number of hydrogen-bond acceptors (Lipinski definition) is 7. The van der Waals surface area contributed by atoms with Crippen LogP contribution >= 0.6 is 0 Å². The number of aromatic amines is 1. The van der Waals surface area contributed by atoms with E-state index in [2.05, 4.69) is 22.1 Å². The molecule has 1 aromatic heterocycles. The Bertz CT molecular complexity index is 486. The smallest absolute Gasteiger partial charge is 0.176 e. The molecule has 0 radical (unpaired) electrons. The van der Waals surface area contributed by atoms with E-state index in [9.17, 15) is 0 Å². The Morgan fingerprint density at radius 3 is 2.43 bits per heavy atom. The molecule has 0 saturated carbocycles. The fourth-order valence-corrected chi connectivity index (χ4v) is 2.99. The zero-order valence-electron chi connectivity index (χ0n) is 17.3. The van der Waals surface area contributed by atoms with E-state index in [-0.39, 0.29) is 6.10 Å². The summed E-state index contributed by atoms with van der Waals surface area (Å²) in [5.41, 5.74) is 0. The van der Waals surface area contributed by atoms with E-state index in [1.807, 2.05) is 0 Å². The Labute approximate surface area is 168 Å². The Kier molecular flexibility index (Phi) is 13.1. The zero-order chi connectivity index (χ0) is 19.7. The lowest BCUT2D eigenvalue weighted by atomic mass is 10.1. The zero-order valence-corrected chi connectivity index (χ0v) is 17.3. The van der Waals surface area contributed by atoms with E-state index < -0.39 is 0 Å². The van der Waals surface area contributed by atoms with E-state index in [0.717, 1.165) is 6.42 Å². The molecule has 0 amide bonds. The molecule has 0 aromatic carbocycles. The van der Waals surface area contributed by atoms with Gasteiger partial charge >= 0.3 is 0 Å². The molecule has 1 aromatic rings. The molecule has 8 heteroatoms. The number of nitrogens with zero attached hydrogens (tertiary/aromatic N) is 2. The summed E-state index contributed by atoms with van der Waals surface area (Å²) in [6, 6.07) is 0. The predicted octanol–water partition coefficient (Wildman–Crippen LogP) is 3.02. The van der Waals surface area contributed by atoms with Crippen molar-refractivity contribution in [3.05, 3.63) is 11.6 Å². The number of nitrogens with one attached hydrogen (secondary N) is 1. The van der Waals surface area contributed by atoms with Crippen LogP contribution in [0.25, 0.3) is 0 Å². The van der Waals surface area contributed by atoms with E-state index in [1.54, 1.807) is 0 Å². The average Bonchev–Trinajstić information content (AvgIpc) is 3.15. The number of H-pyrrole nitrogens is 1. The molecule has 0 saturated heterocycles. The Morgan fingerprint density at radius 2 is 1.54 bits per heavy atom. The van der Waals surface area contributed by atoms with Gasteiger partial charge in [0, 0.05) is 0 Å². The molecule has 1 unspecified atom stereocenters. The highest BCUT2D eigenvalue weighted by Crippen LogP contribution is 2.11. The van der Waals surface area contributed by atoms with Crippen LogP contribution in [0.1, 0.15) is 63.5 Å². The highest BCUT2D eigenvalue weighted by molar-refractivity contribution is 4.87. The van der Waals surface area contributed by atoms with Crippen LogP contribution < -0.4 is 0 Å². The molecule has 0 aliphatic carbocycles. The van der Waals surface area contributed by atoms with E-state index >= 15 is 0 Å². The first kappa shape index (κ1) is 23.2. The predicted molar refractivity (Wildman–Crippen MR) is 105 cm³/mol. The van der Waals surface area contributed by atoms with Crippen LogP contribution in [-0.4, -0.2) is 67.5 Å². The molecule has 28 heavy (non-hydrogen) atoms. The maximum Gasteiger partial charge on any atom is 0.176 e. The van der Waals surface area contributed by atoms with Gasteiger partial charge in [0.25, 0.3) is 0 Å². The van der Waals surface area contributed by atoms with Gasteiger partial charge in [0.1, 0.15) is 13.2 Å². The van der Waals surface area contributed by atoms with Crippen LogP contribution in [0.4, 0.5) is 0 Å². The Hall–Kier alpha value is -1.06. The van der Waals surface area contributed by atoms with Crippen LogP contribution in [0.2, 0.25) is 0 Å². The lowest BCUT2D eigenvalue weighted by molar-refractivity contribution is -0.0557. The number of unbranched alkanes of at least 4 members (excludes halogenated alkanes) is 5. The number of rotatable bonds is 7. The highest BCUT2D eigenvalue weighted by Gasteiger charge is 2.10. The third-order valence-corrected chi connectivity index (χ3v) is 4.56. The largest absolute Gasteiger partial charge is 0.377 e. The van der Waals surface area contributed by atoms with Gasteiger partial charge in [-0.25, -0.2) is 4.98 Å². The summed E-state index contributed by atoms with van der Waals surface area (Å²) in [5.74, 6) is 1.32.